The summed E-state index contributed by atoms with van der Waals surface area (Å²) < 4.78 is 13.4. The van der Waals surface area contributed by atoms with Gasteiger partial charge in [0.2, 0.25) is 0 Å². The van der Waals surface area contributed by atoms with Crippen molar-refractivity contribution >= 4 is 34.4 Å². The number of nitrogen functional groups attached to an aromatic ring is 1. The highest BCUT2D eigenvalue weighted by Crippen LogP contribution is 2.32. The third-order valence-electron chi connectivity index (χ3n) is 2.42. The zero-order chi connectivity index (χ0) is 14.0. The van der Waals surface area contributed by atoms with Crippen molar-refractivity contribution in [2.45, 2.75) is 0 Å². The highest BCUT2D eigenvalue weighted by atomic mass is 35.5. The molecule has 98 valence electrons. The monoisotopic (exact) mass is 281 g/mol. The van der Waals surface area contributed by atoms with Gasteiger partial charge < -0.3 is 11.1 Å². The van der Waals surface area contributed by atoms with Gasteiger partial charge in [0.25, 0.3) is 5.69 Å². The van der Waals surface area contributed by atoms with Crippen LogP contribution in [0.2, 0.25) is 5.02 Å². The number of rotatable bonds is 3. The van der Waals surface area contributed by atoms with E-state index >= 15 is 0 Å². The maximum Gasteiger partial charge on any atom is 0.294 e. The molecule has 0 aliphatic carbocycles. The van der Waals surface area contributed by atoms with Crippen molar-refractivity contribution in [2.24, 2.45) is 0 Å². The van der Waals surface area contributed by atoms with Crippen LogP contribution in [-0.4, -0.2) is 4.92 Å². The molecule has 0 saturated carbocycles. The largest absolute Gasteiger partial charge is 0.399 e. The Morgan fingerprint density at radius 2 is 1.89 bits per heavy atom. The van der Waals surface area contributed by atoms with E-state index in [0.717, 1.165) is 12.1 Å². The number of anilines is 3. The molecule has 0 aliphatic rings. The lowest BCUT2D eigenvalue weighted by Gasteiger charge is -2.08. The number of halogens is 2. The van der Waals surface area contributed by atoms with Crippen molar-refractivity contribution in [3.8, 4) is 0 Å². The second-order valence-corrected chi connectivity index (χ2v) is 4.19. The number of hydrogen-bond acceptors (Lipinski definition) is 4. The Labute approximate surface area is 113 Å². The van der Waals surface area contributed by atoms with Crippen LogP contribution in [0.3, 0.4) is 0 Å². The summed E-state index contributed by atoms with van der Waals surface area (Å²) in [6.07, 6.45) is 0. The van der Waals surface area contributed by atoms with Crippen LogP contribution < -0.4 is 11.1 Å². The highest BCUT2D eigenvalue weighted by Gasteiger charge is 2.17. The van der Waals surface area contributed by atoms with Crippen molar-refractivity contribution in [1.82, 2.24) is 0 Å². The number of nitro groups is 1. The summed E-state index contributed by atoms with van der Waals surface area (Å²) in [7, 11) is 0. The zero-order valence-corrected chi connectivity index (χ0v) is 10.3. The van der Waals surface area contributed by atoms with Crippen molar-refractivity contribution < 1.29 is 9.31 Å². The maximum atomic E-state index is 13.4. The van der Waals surface area contributed by atoms with Crippen LogP contribution in [0.4, 0.5) is 27.1 Å². The van der Waals surface area contributed by atoms with Gasteiger partial charge in [-0.3, -0.25) is 10.1 Å². The number of hydrogen-bond donors (Lipinski definition) is 2. The number of benzene rings is 2. The third kappa shape index (κ3) is 2.92. The molecule has 19 heavy (non-hydrogen) atoms. The standard InChI is InChI=1S/C12H9ClFN3O2/c13-9-5-12(17(18)19)11(6-10(9)14)16-8-3-1-7(15)2-4-8/h1-6,16H,15H2. The van der Waals surface area contributed by atoms with Gasteiger partial charge in [-0.05, 0) is 24.3 Å². The van der Waals surface area contributed by atoms with Crippen LogP contribution in [0.15, 0.2) is 36.4 Å². The molecule has 0 heterocycles. The van der Waals surface area contributed by atoms with Gasteiger partial charge in [-0.1, -0.05) is 11.6 Å². The summed E-state index contributed by atoms with van der Waals surface area (Å²) in [5, 5.41) is 13.4. The molecule has 2 aromatic carbocycles. The molecule has 0 fully saturated rings. The first-order valence-electron chi connectivity index (χ1n) is 5.23. The fourth-order valence-electron chi connectivity index (χ4n) is 1.51. The van der Waals surface area contributed by atoms with Crippen molar-refractivity contribution in [2.75, 3.05) is 11.1 Å². The van der Waals surface area contributed by atoms with E-state index in [9.17, 15) is 14.5 Å². The van der Waals surface area contributed by atoms with Crippen LogP contribution >= 0.6 is 11.6 Å². The van der Waals surface area contributed by atoms with E-state index in [1.54, 1.807) is 24.3 Å². The Morgan fingerprint density at radius 3 is 2.47 bits per heavy atom. The minimum Gasteiger partial charge on any atom is -0.399 e. The molecule has 5 nitrogen and oxygen atoms in total. The minimum atomic E-state index is -0.731. The van der Waals surface area contributed by atoms with Gasteiger partial charge in [-0.2, -0.15) is 0 Å². The third-order valence-corrected chi connectivity index (χ3v) is 2.71. The van der Waals surface area contributed by atoms with Crippen molar-refractivity contribution in [1.29, 1.82) is 0 Å². The highest BCUT2D eigenvalue weighted by molar-refractivity contribution is 6.31. The Bertz CT molecular complexity index is 632. The molecule has 0 radical (unpaired) electrons. The van der Waals surface area contributed by atoms with Crippen LogP contribution in [-0.2, 0) is 0 Å². The Balaban J connectivity index is 2.41. The molecule has 0 amide bonds. The Morgan fingerprint density at radius 1 is 1.26 bits per heavy atom. The number of nitro benzene ring substituents is 1. The first-order valence-corrected chi connectivity index (χ1v) is 5.61. The van der Waals surface area contributed by atoms with Gasteiger partial charge in [-0.15, -0.1) is 0 Å². The van der Waals surface area contributed by atoms with Crippen LogP contribution in [0.1, 0.15) is 0 Å². The van der Waals surface area contributed by atoms with E-state index < -0.39 is 10.7 Å². The van der Waals surface area contributed by atoms with Gasteiger partial charge in [0.05, 0.1) is 9.95 Å². The smallest absolute Gasteiger partial charge is 0.294 e. The predicted molar refractivity (Wildman–Crippen MR) is 72.2 cm³/mol. The average molecular weight is 282 g/mol. The maximum absolute atomic E-state index is 13.4. The Kier molecular flexibility index (Phi) is 3.52. The lowest BCUT2D eigenvalue weighted by atomic mass is 10.2. The molecule has 3 N–H and O–H groups in total. The molecule has 0 spiro atoms. The number of nitrogens with zero attached hydrogens (tertiary/aromatic N) is 1. The van der Waals surface area contributed by atoms with Gasteiger partial charge >= 0.3 is 0 Å². The summed E-state index contributed by atoms with van der Waals surface area (Å²) in [6.45, 7) is 0. The van der Waals surface area contributed by atoms with E-state index in [2.05, 4.69) is 5.32 Å². The van der Waals surface area contributed by atoms with Crippen molar-refractivity contribution in [3.63, 3.8) is 0 Å². The van der Waals surface area contributed by atoms with E-state index in [1.165, 1.54) is 0 Å². The summed E-state index contributed by atoms with van der Waals surface area (Å²) in [5.74, 6) is -0.731. The van der Waals surface area contributed by atoms with Crippen LogP contribution in [0, 0.1) is 15.9 Å². The fraction of sp³-hybridized carbons (Fsp3) is 0. The zero-order valence-electron chi connectivity index (χ0n) is 9.56. The lowest BCUT2D eigenvalue weighted by Crippen LogP contribution is -1.98. The molecule has 0 aliphatic heterocycles. The lowest BCUT2D eigenvalue weighted by molar-refractivity contribution is -0.383. The quantitative estimate of drug-likeness (QED) is 0.510. The second-order valence-electron chi connectivity index (χ2n) is 3.79. The molecule has 0 saturated heterocycles. The SMILES string of the molecule is Nc1ccc(Nc2cc(F)c(Cl)cc2[N+](=O)[O-])cc1. The molecule has 2 aromatic rings. The summed E-state index contributed by atoms with van der Waals surface area (Å²) >= 11 is 5.53. The van der Waals surface area contributed by atoms with Crippen LogP contribution in [0.25, 0.3) is 0 Å². The molecule has 0 aromatic heterocycles. The molecule has 2 rings (SSSR count). The van der Waals surface area contributed by atoms with Crippen molar-refractivity contribution in [3.05, 3.63) is 57.4 Å². The van der Waals surface area contributed by atoms with Crippen LogP contribution in [0.5, 0.6) is 0 Å². The van der Waals surface area contributed by atoms with Gasteiger partial charge in [0.1, 0.15) is 11.5 Å². The Hall–Kier alpha value is -2.34. The second kappa shape index (κ2) is 5.11. The topological polar surface area (TPSA) is 81.2 Å². The van der Waals surface area contributed by atoms with E-state index in [-0.39, 0.29) is 16.4 Å². The minimum absolute atomic E-state index is 0.0247. The number of nitrogens with two attached hydrogens (primary N) is 1. The summed E-state index contributed by atoms with van der Waals surface area (Å²) in [6, 6.07) is 8.46. The van der Waals surface area contributed by atoms with Gasteiger partial charge in [-0.25, -0.2) is 4.39 Å². The predicted octanol–water partition coefficient (Wildman–Crippen LogP) is 3.71. The first-order chi connectivity index (χ1) is 8.97. The van der Waals surface area contributed by atoms with Gasteiger partial charge in [0.15, 0.2) is 0 Å². The first kappa shape index (κ1) is 13.1. The van der Waals surface area contributed by atoms with E-state index in [1.807, 2.05) is 0 Å². The fourth-order valence-corrected chi connectivity index (χ4v) is 1.67. The average Bonchev–Trinajstić information content (AvgIpc) is 2.36. The molecular formula is C12H9ClFN3O2. The normalized spacial score (nSPS) is 10.2. The molecule has 0 bridgehead atoms. The molecule has 7 heteroatoms. The summed E-state index contributed by atoms with van der Waals surface area (Å²) in [5.41, 5.74) is 6.36. The molecule has 0 atom stereocenters. The number of nitrogens with one attached hydrogen (secondary N) is 1. The summed E-state index contributed by atoms with van der Waals surface area (Å²) in [4.78, 5) is 10.3. The van der Waals surface area contributed by atoms with E-state index in [0.29, 0.717) is 11.4 Å². The molecule has 0 unspecified atom stereocenters. The van der Waals surface area contributed by atoms with E-state index in [4.69, 9.17) is 17.3 Å². The van der Waals surface area contributed by atoms with Gasteiger partial charge in [0, 0.05) is 23.5 Å². The molecular weight excluding hydrogens is 273 g/mol.